The number of unbranched alkanes of at least 4 members (excludes halogenated alkanes) is 16. The number of amides is 2. The molecule has 0 aromatic rings. The van der Waals surface area contributed by atoms with E-state index < -0.39 is 5.97 Å². The molecule has 0 aliphatic rings. The summed E-state index contributed by atoms with van der Waals surface area (Å²) in [5.41, 5.74) is 9.77. The van der Waals surface area contributed by atoms with Crippen molar-refractivity contribution in [3.05, 3.63) is 0 Å². The normalized spacial score (nSPS) is 11.2. The molecule has 7 heteroatoms. The first-order chi connectivity index (χ1) is 18.1. The minimum Gasteiger partial charge on any atom is -0.481 e. The zero-order valence-corrected chi connectivity index (χ0v) is 25.9. The van der Waals surface area contributed by atoms with Gasteiger partial charge in [-0.15, -0.1) is 0 Å². The van der Waals surface area contributed by atoms with Crippen LogP contribution in [0.2, 0.25) is 0 Å². The fraction of sp³-hybridized carbons (Fsp3) is 0.903. The Balaban J connectivity index is -0.000000590. The molecule has 0 aromatic carbocycles. The molecule has 0 heterocycles. The quantitative estimate of drug-likeness (QED) is 0.108. The topological polar surface area (TPSA) is 127 Å². The predicted octanol–water partition coefficient (Wildman–Crippen LogP) is 7.59. The summed E-state index contributed by atoms with van der Waals surface area (Å²) in [6.07, 6.45) is 24.8. The van der Waals surface area contributed by atoms with Gasteiger partial charge in [-0.25, -0.2) is 0 Å². The van der Waals surface area contributed by atoms with Crippen molar-refractivity contribution >= 4 is 17.8 Å². The second-order valence-electron chi connectivity index (χ2n) is 10.5. The van der Waals surface area contributed by atoms with E-state index in [1.165, 1.54) is 90.4 Å². The van der Waals surface area contributed by atoms with Crippen LogP contribution in [0.1, 0.15) is 163 Å². The van der Waals surface area contributed by atoms with Gasteiger partial charge >= 0.3 is 5.97 Å². The predicted molar refractivity (Wildman–Crippen MR) is 162 cm³/mol. The van der Waals surface area contributed by atoms with Crippen molar-refractivity contribution in [1.82, 2.24) is 4.90 Å². The van der Waals surface area contributed by atoms with E-state index in [1.54, 1.807) is 0 Å². The second-order valence-corrected chi connectivity index (χ2v) is 10.5. The highest BCUT2D eigenvalue weighted by molar-refractivity contribution is 5.79. The lowest BCUT2D eigenvalue weighted by Crippen LogP contribution is -2.43. The summed E-state index contributed by atoms with van der Waals surface area (Å²) < 4.78 is 0. The summed E-state index contributed by atoms with van der Waals surface area (Å²) >= 11 is 0. The molecular weight excluding hydrogens is 478 g/mol. The lowest BCUT2D eigenvalue weighted by atomic mass is 10.0. The summed E-state index contributed by atoms with van der Waals surface area (Å²) in [6, 6.07) is -0.118. The van der Waals surface area contributed by atoms with Crippen molar-refractivity contribution in [3.63, 3.8) is 0 Å². The third-order valence-electron chi connectivity index (χ3n) is 6.55. The van der Waals surface area contributed by atoms with E-state index in [-0.39, 0.29) is 17.9 Å². The fourth-order valence-corrected chi connectivity index (χ4v) is 4.05. The van der Waals surface area contributed by atoms with Crippen LogP contribution in [-0.2, 0) is 14.4 Å². The van der Waals surface area contributed by atoms with Gasteiger partial charge in [0, 0.05) is 13.3 Å². The highest BCUT2D eigenvalue weighted by Gasteiger charge is 2.17. The van der Waals surface area contributed by atoms with Crippen LogP contribution in [0.4, 0.5) is 0 Å². The van der Waals surface area contributed by atoms with Crippen LogP contribution < -0.4 is 11.5 Å². The smallest absolute Gasteiger partial charge is 0.303 e. The van der Waals surface area contributed by atoms with E-state index in [9.17, 15) is 14.4 Å². The van der Waals surface area contributed by atoms with Gasteiger partial charge in [-0.3, -0.25) is 19.3 Å². The molecular formula is C31H65N3O4. The third-order valence-corrected chi connectivity index (χ3v) is 6.55. The third kappa shape index (κ3) is 38.9. The van der Waals surface area contributed by atoms with Gasteiger partial charge in [-0.1, -0.05) is 124 Å². The van der Waals surface area contributed by atoms with Gasteiger partial charge in [0.15, 0.2) is 0 Å². The monoisotopic (exact) mass is 543 g/mol. The van der Waals surface area contributed by atoms with E-state index in [2.05, 4.69) is 31.4 Å². The van der Waals surface area contributed by atoms with E-state index in [1.807, 2.05) is 6.92 Å². The van der Waals surface area contributed by atoms with E-state index >= 15 is 0 Å². The van der Waals surface area contributed by atoms with Crippen LogP contribution >= 0.6 is 0 Å². The van der Waals surface area contributed by atoms with Crippen LogP contribution in [0.15, 0.2) is 0 Å². The van der Waals surface area contributed by atoms with Crippen LogP contribution in [0.3, 0.4) is 0 Å². The molecule has 38 heavy (non-hydrogen) atoms. The van der Waals surface area contributed by atoms with Gasteiger partial charge < -0.3 is 16.6 Å². The Morgan fingerprint density at radius 1 is 0.605 bits per heavy atom. The summed E-state index contributed by atoms with van der Waals surface area (Å²) in [7, 11) is 0. The lowest BCUT2D eigenvalue weighted by Gasteiger charge is -2.26. The molecule has 0 aliphatic carbocycles. The van der Waals surface area contributed by atoms with Gasteiger partial charge in [0.1, 0.15) is 0 Å². The molecule has 228 valence electrons. The Bertz CT molecular complexity index is 517. The Labute approximate surface area is 235 Å². The Morgan fingerprint density at radius 3 is 1.16 bits per heavy atom. The van der Waals surface area contributed by atoms with Crippen LogP contribution in [0, 0.1) is 0 Å². The van der Waals surface area contributed by atoms with E-state index in [0.717, 1.165) is 51.6 Å². The molecule has 0 bridgehead atoms. The number of nitrogens with two attached hydrogens (primary N) is 2. The maximum Gasteiger partial charge on any atom is 0.303 e. The second kappa shape index (κ2) is 33.4. The Kier molecular flexibility index (Phi) is 35.9. The number of carbonyl (C=O) groups is 3. The number of primary amides is 2. The number of aliphatic carboxylic acids is 1. The lowest BCUT2D eigenvalue weighted by molar-refractivity contribution is -0.137. The number of hydrogen-bond donors (Lipinski definition) is 3. The standard InChI is InChI=1S/C18H36O2.C11H24N2O.C2H5NO/c1-2-3-4-5-6-7-8-9-10-11-12-13-14-15-16-17-18(19)20;1-4-6-8-13(9-7-5-2)10(3)11(12)14;1-2(3)4/h2-17H2,1H3,(H,19,20);10H,4-9H2,1-3H3,(H2,12,14);1H3,(H2,3,4). The molecule has 0 saturated carbocycles. The van der Waals surface area contributed by atoms with Gasteiger partial charge in [0.25, 0.3) is 0 Å². The average Bonchev–Trinajstić information content (AvgIpc) is 2.86. The van der Waals surface area contributed by atoms with Crippen molar-refractivity contribution in [2.45, 2.75) is 169 Å². The largest absolute Gasteiger partial charge is 0.481 e. The summed E-state index contributed by atoms with van der Waals surface area (Å²) in [4.78, 5) is 32.8. The summed E-state index contributed by atoms with van der Waals surface area (Å²) in [5, 5.41) is 8.52. The first kappa shape index (κ1) is 40.9. The van der Waals surface area contributed by atoms with Crippen LogP contribution in [0.25, 0.3) is 0 Å². The zero-order chi connectivity index (χ0) is 29.4. The van der Waals surface area contributed by atoms with Crippen LogP contribution in [-0.4, -0.2) is 46.9 Å². The molecule has 0 aromatic heterocycles. The molecule has 1 atom stereocenters. The number of carboxylic acids is 1. The molecule has 0 spiro atoms. The van der Waals surface area contributed by atoms with Crippen molar-refractivity contribution in [2.24, 2.45) is 11.5 Å². The number of hydrogen-bond acceptors (Lipinski definition) is 4. The minimum absolute atomic E-state index is 0.118. The molecule has 7 nitrogen and oxygen atoms in total. The molecule has 1 unspecified atom stereocenters. The SMILES string of the molecule is CC(N)=O.CCCCCCCCCCCCCCCCCC(=O)O.CCCCN(CCCC)C(C)C(N)=O. The van der Waals surface area contributed by atoms with Crippen LogP contribution in [0.5, 0.6) is 0 Å². The maximum absolute atomic E-state index is 11.0. The molecule has 0 radical (unpaired) electrons. The maximum atomic E-state index is 11.0. The summed E-state index contributed by atoms with van der Waals surface area (Å²) in [5.74, 6) is -1.20. The van der Waals surface area contributed by atoms with Gasteiger partial charge in [-0.05, 0) is 39.3 Å². The molecule has 0 fully saturated rings. The fourth-order valence-electron chi connectivity index (χ4n) is 4.05. The highest BCUT2D eigenvalue weighted by atomic mass is 16.4. The Morgan fingerprint density at radius 2 is 0.895 bits per heavy atom. The number of nitrogens with zero attached hydrogens (tertiary/aromatic N) is 1. The molecule has 0 rings (SSSR count). The van der Waals surface area contributed by atoms with Crippen molar-refractivity contribution < 1.29 is 19.5 Å². The van der Waals surface area contributed by atoms with Gasteiger partial charge in [0.05, 0.1) is 6.04 Å². The first-order valence-electron chi connectivity index (χ1n) is 15.6. The minimum atomic E-state index is -0.653. The van der Waals surface area contributed by atoms with Gasteiger partial charge in [0.2, 0.25) is 11.8 Å². The molecule has 2 amide bonds. The van der Waals surface area contributed by atoms with Gasteiger partial charge in [-0.2, -0.15) is 0 Å². The molecule has 0 aliphatic heterocycles. The number of carboxylic acid groups (broad SMARTS) is 1. The van der Waals surface area contributed by atoms with E-state index in [0.29, 0.717) is 6.42 Å². The zero-order valence-electron chi connectivity index (χ0n) is 25.9. The van der Waals surface area contributed by atoms with Crippen molar-refractivity contribution in [3.8, 4) is 0 Å². The molecule has 5 N–H and O–H groups in total. The van der Waals surface area contributed by atoms with Crippen molar-refractivity contribution in [1.29, 1.82) is 0 Å². The number of carbonyl (C=O) groups excluding carboxylic acids is 2. The average molecular weight is 544 g/mol. The Hall–Kier alpha value is -1.63. The first-order valence-corrected chi connectivity index (χ1v) is 15.6. The number of rotatable bonds is 24. The van der Waals surface area contributed by atoms with Crippen molar-refractivity contribution in [2.75, 3.05) is 13.1 Å². The van der Waals surface area contributed by atoms with E-state index in [4.69, 9.17) is 10.8 Å². The highest BCUT2D eigenvalue weighted by Crippen LogP contribution is 2.13. The summed E-state index contributed by atoms with van der Waals surface area (Å²) in [6.45, 7) is 11.8. The molecule has 0 saturated heterocycles.